The first kappa shape index (κ1) is 19.0. The number of anilines is 2. The van der Waals surface area contributed by atoms with Gasteiger partial charge >= 0.3 is 11.6 Å². The minimum absolute atomic E-state index is 0.405. The first-order valence-electron chi connectivity index (χ1n) is 11.1. The van der Waals surface area contributed by atoms with E-state index in [-0.39, 0.29) is 0 Å². The molecular formula is C24H26N7O+. The highest BCUT2D eigenvalue weighted by Crippen LogP contribution is 2.34. The van der Waals surface area contributed by atoms with Gasteiger partial charge in [0.1, 0.15) is 30.0 Å². The maximum Gasteiger partial charge on any atom is 0.349 e. The van der Waals surface area contributed by atoms with Gasteiger partial charge in [0.2, 0.25) is 0 Å². The summed E-state index contributed by atoms with van der Waals surface area (Å²) in [7, 11) is 0. The van der Waals surface area contributed by atoms with Crippen LogP contribution < -0.4 is 20.4 Å². The Morgan fingerprint density at radius 2 is 2.16 bits per heavy atom. The van der Waals surface area contributed by atoms with Crippen molar-refractivity contribution in [2.75, 3.05) is 23.8 Å². The number of aromatic nitrogens is 5. The lowest BCUT2D eigenvalue weighted by Gasteiger charge is -2.28. The van der Waals surface area contributed by atoms with E-state index in [9.17, 15) is 0 Å². The molecule has 1 aliphatic carbocycles. The van der Waals surface area contributed by atoms with Gasteiger partial charge in [0.15, 0.2) is 0 Å². The molecule has 4 aromatic rings. The van der Waals surface area contributed by atoms with Crippen LogP contribution in [0, 0.1) is 5.92 Å². The van der Waals surface area contributed by atoms with E-state index < -0.39 is 0 Å². The predicted octanol–water partition coefficient (Wildman–Crippen LogP) is 2.94. The van der Waals surface area contributed by atoms with Gasteiger partial charge < -0.3 is 15.4 Å². The molecule has 0 saturated carbocycles. The number of hydrogen-bond acceptors (Lipinski definition) is 6. The minimum Gasteiger partial charge on any atom is -0.491 e. The third-order valence-corrected chi connectivity index (χ3v) is 6.53. The smallest absolute Gasteiger partial charge is 0.349 e. The molecule has 1 aromatic carbocycles. The predicted molar refractivity (Wildman–Crippen MR) is 122 cm³/mol. The van der Waals surface area contributed by atoms with Crippen LogP contribution in [0.5, 0.6) is 5.75 Å². The van der Waals surface area contributed by atoms with Gasteiger partial charge in [0.05, 0.1) is 12.7 Å². The molecule has 0 saturated heterocycles. The number of rotatable bonds is 2. The molecule has 0 bridgehead atoms. The fourth-order valence-corrected chi connectivity index (χ4v) is 4.85. The first-order valence-corrected chi connectivity index (χ1v) is 11.1. The second-order valence-electron chi connectivity index (χ2n) is 8.84. The van der Waals surface area contributed by atoms with Gasteiger partial charge in [-0.2, -0.15) is 0 Å². The van der Waals surface area contributed by atoms with Gasteiger partial charge in [-0.15, -0.1) is 0 Å². The quantitative estimate of drug-likeness (QED) is 0.508. The van der Waals surface area contributed by atoms with Gasteiger partial charge in [-0.3, -0.25) is 4.98 Å². The second kappa shape index (κ2) is 7.47. The highest BCUT2D eigenvalue weighted by atomic mass is 16.5. The summed E-state index contributed by atoms with van der Waals surface area (Å²) in [5.41, 5.74) is 13.3. The molecule has 0 radical (unpaired) electrons. The van der Waals surface area contributed by atoms with Crippen molar-refractivity contribution >= 4 is 22.9 Å². The number of hydrogen-bond donors (Lipinski definition) is 2. The SMILES string of the molecule is CC1CCc2c(ncnc2N2CCOc3ccc(-c4c[nH+]c5nc(N)[nH]c5c4)cc3C2)C1. The lowest BCUT2D eigenvalue weighted by Crippen LogP contribution is -2.29. The van der Waals surface area contributed by atoms with Gasteiger partial charge in [-0.1, -0.05) is 13.0 Å². The standard InChI is InChI=1S/C24H25N7O/c1-14-2-4-18-19(8-14)27-13-28-23(18)31-6-7-32-21-5-3-15(9-17(21)12-31)16-10-20-22(26-11-16)30-24(25)29-20/h3,5,9-11,13-14H,2,4,6-8,12H2,1H3,(H3,25,26,29,30)/p+1. The Labute approximate surface area is 185 Å². The van der Waals surface area contributed by atoms with Crippen LogP contribution in [0.4, 0.5) is 11.8 Å². The van der Waals surface area contributed by atoms with E-state index in [1.54, 1.807) is 6.33 Å². The van der Waals surface area contributed by atoms with Gasteiger partial charge in [0, 0.05) is 28.9 Å². The molecule has 8 heteroatoms. The van der Waals surface area contributed by atoms with Crippen molar-refractivity contribution in [2.24, 2.45) is 5.92 Å². The van der Waals surface area contributed by atoms with Crippen LogP contribution in [0.1, 0.15) is 30.2 Å². The monoisotopic (exact) mass is 428 g/mol. The molecule has 0 spiro atoms. The molecule has 2 aliphatic rings. The zero-order valence-electron chi connectivity index (χ0n) is 18.1. The summed E-state index contributed by atoms with van der Waals surface area (Å²) in [4.78, 5) is 22.2. The summed E-state index contributed by atoms with van der Waals surface area (Å²) in [6, 6.07) is 8.43. The van der Waals surface area contributed by atoms with Crippen molar-refractivity contribution in [3.05, 3.63) is 53.6 Å². The molecule has 3 aromatic heterocycles. The summed E-state index contributed by atoms with van der Waals surface area (Å²) >= 11 is 0. The average Bonchev–Trinajstić information content (AvgIpc) is 3.04. The molecule has 6 rings (SSSR count). The molecule has 162 valence electrons. The molecule has 0 amide bonds. The average molecular weight is 429 g/mol. The van der Waals surface area contributed by atoms with Crippen molar-refractivity contribution in [3.8, 4) is 16.9 Å². The molecule has 1 atom stereocenters. The van der Waals surface area contributed by atoms with E-state index in [1.165, 1.54) is 17.7 Å². The van der Waals surface area contributed by atoms with Crippen molar-refractivity contribution < 1.29 is 9.72 Å². The molecule has 1 aliphatic heterocycles. The van der Waals surface area contributed by atoms with E-state index in [0.717, 1.165) is 65.4 Å². The number of nitrogens with zero attached hydrogens (tertiary/aromatic N) is 4. The van der Waals surface area contributed by atoms with Crippen LogP contribution >= 0.6 is 0 Å². The van der Waals surface area contributed by atoms with Crippen molar-refractivity contribution in [1.29, 1.82) is 0 Å². The number of fused-ring (bicyclic) bond motifs is 3. The molecule has 0 fully saturated rings. The Morgan fingerprint density at radius 3 is 3.09 bits per heavy atom. The summed E-state index contributed by atoms with van der Waals surface area (Å²) in [5, 5.41) is 0. The Bertz CT molecular complexity index is 1320. The maximum absolute atomic E-state index is 6.10. The normalized spacial score (nSPS) is 18.0. The highest BCUT2D eigenvalue weighted by Gasteiger charge is 2.25. The largest absolute Gasteiger partial charge is 0.491 e. The summed E-state index contributed by atoms with van der Waals surface area (Å²) in [6.45, 7) is 4.49. The zero-order chi connectivity index (χ0) is 21.7. The number of ether oxygens (including phenoxy) is 1. The summed E-state index contributed by atoms with van der Waals surface area (Å²) in [5.74, 6) is 3.08. The fraction of sp³-hybridized carbons (Fsp3) is 0.333. The van der Waals surface area contributed by atoms with Crippen LogP contribution in [0.25, 0.3) is 22.3 Å². The van der Waals surface area contributed by atoms with E-state index in [1.807, 2.05) is 6.20 Å². The molecule has 4 heterocycles. The Morgan fingerprint density at radius 1 is 1.22 bits per heavy atom. The lowest BCUT2D eigenvalue weighted by molar-refractivity contribution is -0.346. The molecular weight excluding hydrogens is 402 g/mol. The maximum atomic E-state index is 6.10. The van der Waals surface area contributed by atoms with E-state index >= 15 is 0 Å². The summed E-state index contributed by atoms with van der Waals surface area (Å²) < 4.78 is 6.10. The minimum atomic E-state index is 0.405. The first-order chi connectivity index (χ1) is 15.6. The van der Waals surface area contributed by atoms with Crippen molar-refractivity contribution in [2.45, 2.75) is 32.7 Å². The molecule has 32 heavy (non-hydrogen) atoms. The topological polar surface area (TPSA) is 107 Å². The van der Waals surface area contributed by atoms with Gasteiger partial charge in [-0.25, -0.2) is 15.0 Å². The number of nitrogens with two attached hydrogens (primary N) is 1. The van der Waals surface area contributed by atoms with Gasteiger partial charge in [-0.05, 0) is 53.9 Å². The van der Waals surface area contributed by atoms with Gasteiger partial charge in [0.25, 0.3) is 0 Å². The fourth-order valence-electron chi connectivity index (χ4n) is 4.85. The van der Waals surface area contributed by atoms with Crippen LogP contribution in [-0.4, -0.2) is 33.1 Å². The number of nitrogens with one attached hydrogen (secondary N) is 2. The highest BCUT2D eigenvalue weighted by molar-refractivity contribution is 5.77. The Kier molecular flexibility index (Phi) is 4.45. The number of imidazole rings is 1. The second-order valence-corrected chi connectivity index (χ2v) is 8.84. The number of aromatic amines is 2. The lowest BCUT2D eigenvalue weighted by atomic mass is 9.88. The van der Waals surface area contributed by atoms with E-state index in [2.05, 4.69) is 56.0 Å². The van der Waals surface area contributed by atoms with Crippen LogP contribution in [-0.2, 0) is 19.4 Å². The summed E-state index contributed by atoms with van der Waals surface area (Å²) in [6.07, 6.45) is 6.95. The van der Waals surface area contributed by atoms with E-state index in [4.69, 9.17) is 15.5 Å². The number of benzene rings is 1. The van der Waals surface area contributed by atoms with E-state index in [0.29, 0.717) is 18.5 Å². The zero-order valence-corrected chi connectivity index (χ0v) is 18.1. The van der Waals surface area contributed by atoms with Crippen LogP contribution in [0.15, 0.2) is 36.8 Å². The molecule has 4 N–H and O–H groups in total. The third kappa shape index (κ3) is 3.32. The van der Waals surface area contributed by atoms with Crippen molar-refractivity contribution in [1.82, 2.24) is 19.9 Å². The van der Waals surface area contributed by atoms with Crippen LogP contribution in [0.2, 0.25) is 0 Å². The Balaban J connectivity index is 1.35. The third-order valence-electron chi connectivity index (χ3n) is 6.53. The number of H-pyrrole nitrogens is 2. The molecule has 1 unspecified atom stereocenters. The number of nitrogen functional groups attached to an aromatic ring is 1. The van der Waals surface area contributed by atoms with Crippen LogP contribution in [0.3, 0.4) is 0 Å². The molecule has 8 nitrogen and oxygen atoms in total. The number of pyridine rings is 1. The Hall–Kier alpha value is -3.68. The van der Waals surface area contributed by atoms with Crippen molar-refractivity contribution in [3.63, 3.8) is 0 Å².